The van der Waals surface area contributed by atoms with Gasteiger partial charge in [0.05, 0.1) is 16.1 Å². The molecule has 3 aromatic rings. The first-order valence-electron chi connectivity index (χ1n) is 9.50. The summed E-state index contributed by atoms with van der Waals surface area (Å²) in [6.07, 6.45) is 1.94. The zero-order chi connectivity index (χ0) is 19.0. The van der Waals surface area contributed by atoms with Crippen molar-refractivity contribution in [1.29, 1.82) is 0 Å². The third-order valence-corrected chi connectivity index (χ3v) is 6.37. The molecule has 2 aromatic carbocycles. The second-order valence-electron chi connectivity index (χ2n) is 7.51. The fourth-order valence-electron chi connectivity index (χ4n) is 3.96. The monoisotopic (exact) mass is 379 g/mol. The molecule has 1 unspecified atom stereocenters. The van der Waals surface area contributed by atoms with Crippen LogP contribution in [0.4, 0.5) is 10.8 Å². The van der Waals surface area contributed by atoms with Gasteiger partial charge in [0.15, 0.2) is 5.13 Å². The first kappa shape index (κ1) is 18.0. The quantitative estimate of drug-likeness (QED) is 0.690. The van der Waals surface area contributed by atoms with Gasteiger partial charge in [0.2, 0.25) is 5.91 Å². The molecule has 1 fully saturated rings. The Hall–Kier alpha value is -2.40. The van der Waals surface area contributed by atoms with E-state index in [1.807, 2.05) is 18.2 Å². The highest BCUT2D eigenvalue weighted by atomic mass is 32.1. The van der Waals surface area contributed by atoms with Crippen LogP contribution in [0.2, 0.25) is 0 Å². The van der Waals surface area contributed by atoms with Crippen LogP contribution < -0.4 is 10.2 Å². The van der Waals surface area contributed by atoms with Crippen molar-refractivity contribution in [3.05, 3.63) is 53.1 Å². The molecular formula is C22H25N3OS. The van der Waals surface area contributed by atoms with Gasteiger partial charge in [-0.1, -0.05) is 41.2 Å². The summed E-state index contributed by atoms with van der Waals surface area (Å²) in [4.78, 5) is 20.0. The molecule has 1 aromatic heterocycles. The molecule has 4 rings (SSSR count). The second-order valence-corrected chi connectivity index (χ2v) is 8.52. The number of carbonyl (C=O) groups is 1. The van der Waals surface area contributed by atoms with Gasteiger partial charge in [-0.25, -0.2) is 4.98 Å². The molecule has 27 heavy (non-hydrogen) atoms. The minimum absolute atomic E-state index is 0.00846. The number of hydrogen-bond donors (Lipinski definition) is 1. The fraction of sp³-hybridized carbons (Fsp3) is 0.364. The summed E-state index contributed by atoms with van der Waals surface area (Å²) in [6, 6.07) is 12.5. The SMILES string of the molecule is Cc1cc(C)c(NC(=O)C2CCCN(c3nc4ccccc4s3)C2)c(C)c1. The molecule has 1 aliphatic heterocycles. The number of anilines is 2. The summed E-state index contributed by atoms with van der Waals surface area (Å²) < 4.78 is 1.20. The lowest BCUT2D eigenvalue weighted by Gasteiger charge is -2.32. The van der Waals surface area contributed by atoms with Crippen LogP contribution in [-0.2, 0) is 4.79 Å². The second kappa shape index (κ2) is 7.31. The van der Waals surface area contributed by atoms with E-state index >= 15 is 0 Å². The summed E-state index contributed by atoms with van der Waals surface area (Å²) in [5.74, 6) is 0.113. The maximum Gasteiger partial charge on any atom is 0.229 e. The molecule has 140 valence electrons. The fourth-order valence-corrected chi connectivity index (χ4v) is 4.96. The number of thiazole rings is 1. The van der Waals surface area contributed by atoms with E-state index in [0.717, 1.165) is 53.4 Å². The Morgan fingerprint density at radius 3 is 2.67 bits per heavy atom. The van der Waals surface area contributed by atoms with Crippen LogP contribution in [-0.4, -0.2) is 24.0 Å². The zero-order valence-electron chi connectivity index (χ0n) is 16.1. The molecule has 1 atom stereocenters. The number of amides is 1. The van der Waals surface area contributed by atoms with E-state index in [-0.39, 0.29) is 11.8 Å². The van der Waals surface area contributed by atoms with E-state index in [0.29, 0.717) is 0 Å². The standard InChI is InChI=1S/C22H25N3OS/c1-14-11-15(2)20(16(3)12-14)24-21(26)17-7-6-10-25(13-17)22-23-18-8-4-5-9-19(18)27-22/h4-5,8-9,11-12,17H,6-7,10,13H2,1-3H3,(H,24,26). The lowest BCUT2D eigenvalue weighted by Crippen LogP contribution is -2.40. The molecule has 1 saturated heterocycles. The summed E-state index contributed by atoms with van der Waals surface area (Å²) in [5, 5.41) is 4.22. The van der Waals surface area contributed by atoms with Crippen molar-refractivity contribution in [2.24, 2.45) is 5.92 Å². The molecule has 2 heterocycles. The van der Waals surface area contributed by atoms with Crippen LogP contribution >= 0.6 is 11.3 Å². The van der Waals surface area contributed by atoms with Gasteiger partial charge in [0.25, 0.3) is 0 Å². The number of benzene rings is 2. The van der Waals surface area contributed by atoms with Gasteiger partial charge in [0.1, 0.15) is 0 Å². The lowest BCUT2D eigenvalue weighted by atomic mass is 9.96. The van der Waals surface area contributed by atoms with E-state index in [9.17, 15) is 4.79 Å². The van der Waals surface area contributed by atoms with Crippen LogP contribution in [0.25, 0.3) is 10.2 Å². The van der Waals surface area contributed by atoms with E-state index in [1.54, 1.807) is 11.3 Å². The van der Waals surface area contributed by atoms with E-state index in [1.165, 1.54) is 10.3 Å². The Morgan fingerprint density at radius 1 is 1.19 bits per heavy atom. The van der Waals surface area contributed by atoms with E-state index < -0.39 is 0 Å². The highest BCUT2D eigenvalue weighted by molar-refractivity contribution is 7.22. The molecule has 0 radical (unpaired) electrons. The van der Waals surface area contributed by atoms with Gasteiger partial charge in [-0.15, -0.1) is 0 Å². The number of hydrogen-bond acceptors (Lipinski definition) is 4. The number of fused-ring (bicyclic) bond motifs is 1. The largest absolute Gasteiger partial charge is 0.347 e. The van der Waals surface area contributed by atoms with Crippen LogP contribution in [0.1, 0.15) is 29.5 Å². The van der Waals surface area contributed by atoms with E-state index in [4.69, 9.17) is 4.98 Å². The molecule has 0 aliphatic carbocycles. The van der Waals surface area contributed by atoms with Crippen molar-refractivity contribution in [3.8, 4) is 0 Å². The summed E-state index contributed by atoms with van der Waals surface area (Å²) in [6.45, 7) is 7.90. The molecular weight excluding hydrogens is 354 g/mol. The first-order valence-corrected chi connectivity index (χ1v) is 10.3. The number of nitrogens with one attached hydrogen (secondary N) is 1. The van der Waals surface area contributed by atoms with Crippen LogP contribution in [0.15, 0.2) is 36.4 Å². The smallest absolute Gasteiger partial charge is 0.229 e. The van der Waals surface area contributed by atoms with Gasteiger partial charge >= 0.3 is 0 Å². The van der Waals surface area contributed by atoms with Crippen molar-refractivity contribution < 1.29 is 4.79 Å². The molecule has 0 spiro atoms. The van der Waals surface area contributed by atoms with Crippen molar-refractivity contribution in [2.45, 2.75) is 33.6 Å². The lowest BCUT2D eigenvalue weighted by molar-refractivity contribution is -0.120. The Kier molecular flexibility index (Phi) is 4.87. The Morgan fingerprint density at radius 2 is 1.93 bits per heavy atom. The maximum absolute atomic E-state index is 13.0. The van der Waals surface area contributed by atoms with Gasteiger partial charge < -0.3 is 10.2 Å². The third kappa shape index (κ3) is 3.69. The third-order valence-electron chi connectivity index (χ3n) is 5.27. The number of para-hydroxylation sites is 1. The molecule has 1 aliphatic rings. The summed E-state index contributed by atoms with van der Waals surface area (Å²) in [7, 11) is 0. The molecule has 0 saturated carbocycles. The minimum Gasteiger partial charge on any atom is -0.347 e. The van der Waals surface area contributed by atoms with Gasteiger partial charge in [-0.3, -0.25) is 4.79 Å². The first-order chi connectivity index (χ1) is 13.0. The Labute approximate surface area is 164 Å². The highest BCUT2D eigenvalue weighted by Crippen LogP contribution is 2.32. The number of aromatic nitrogens is 1. The van der Waals surface area contributed by atoms with E-state index in [2.05, 4.69) is 49.2 Å². The highest BCUT2D eigenvalue weighted by Gasteiger charge is 2.28. The number of aryl methyl sites for hydroxylation is 3. The Balaban J connectivity index is 1.50. The van der Waals surface area contributed by atoms with Gasteiger partial charge in [0, 0.05) is 18.8 Å². The predicted molar refractivity (Wildman–Crippen MR) is 114 cm³/mol. The van der Waals surface area contributed by atoms with Crippen LogP contribution in [0.3, 0.4) is 0 Å². The molecule has 4 nitrogen and oxygen atoms in total. The normalized spacial score (nSPS) is 17.3. The number of carbonyl (C=O) groups excluding carboxylic acids is 1. The van der Waals surface area contributed by atoms with Crippen molar-refractivity contribution >= 4 is 38.3 Å². The van der Waals surface area contributed by atoms with Gasteiger partial charge in [-0.2, -0.15) is 0 Å². The van der Waals surface area contributed by atoms with Crippen molar-refractivity contribution in [1.82, 2.24) is 4.98 Å². The Bertz CT molecular complexity index is 938. The molecule has 1 N–H and O–H groups in total. The number of nitrogens with zero attached hydrogens (tertiary/aromatic N) is 2. The minimum atomic E-state index is -0.00846. The predicted octanol–water partition coefficient (Wildman–Crippen LogP) is 5.08. The molecule has 5 heteroatoms. The van der Waals surface area contributed by atoms with Gasteiger partial charge in [-0.05, 0) is 56.9 Å². The molecule has 1 amide bonds. The maximum atomic E-state index is 13.0. The average Bonchev–Trinajstić information content (AvgIpc) is 3.09. The average molecular weight is 380 g/mol. The summed E-state index contributed by atoms with van der Waals surface area (Å²) in [5.41, 5.74) is 5.47. The zero-order valence-corrected chi connectivity index (χ0v) is 16.9. The number of rotatable bonds is 3. The van der Waals surface area contributed by atoms with Crippen LogP contribution in [0, 0.1) is 26.7 Å². The topological polar surface area (TPSA) is 45.2 Å². The molecule has 0 bridgehead atoms. The number of piperidine rings is 1. The van der Waals surface area contributed by atoms with Crippen LogP contribution in [0.5, 0.6) is 0 Å². The van der Waals surface area contributed by atoms with Crippen molar-refractivity contribution in [3.63, 3.8) is 0 Å². The summed E-state index contributed by atoms with van der Waals surface area (Å²) >= 11 is 1.71. The van der Waals surface area contributed by atoms with Crippen molar-refractivity contribution in [2.75, 3.05) is 23.3 Å².